The second kappa shape index (κ2) is 11.8. The summed E-state index contributed by atoms with van der Waals surface area (Å²) in [5.74, 6) is 5.07. The van der Waals surface area contributed by atoms with Crippen molar-refractivity contribution in [3.63, 3.8) is 0 Å². The first kappa shape index (κ1) is 26.1. The third kappa shape index (κ3) is 6.78. The molecule has 2 N–H and O–H groups in total. The molecule has 186 valence electrons. The number of rotatable bonds is 6. The Morgan fingerprint density at radius 1 is 1.34 bits per heavy atom. The first-order valence-electron chi connectivity index (χ1n) is 11.6. The summed E-state index contributed by atoms with van der Waals surface area (Å²) in [5, 5.41) is 19.2. The molecule has 0 unspecified atom stereocenters. The Balaban J connectivity index is 1.89. The summed E-state index contributed by atoms with van der Waals surface area (Å²) in [6.45, 7) is 5.70. The van der Waals surface area contributed by atoms with Crippen LogP contribution in [0.2, 0.25) is 0 Å². The zero-order chi connectivity index (χ0) is 25.5. The summed E-state index contributed by atoms with van der Waals surface area (Å²) >= 11 is 0. The standard InChI is InChI=1S/C26H32N4O5/c1-17-14-30(18(2)16-31)26(34)22-11-21(6-5-19(3)32)13-28-25(22)35-23(17)15-29(4)24(33)12-20-7-9-27-10-8-20/h7-11,13,17-19,23,31-32H,12,14-16H2,1-4H3/t17-,18+,19+,23+/m1/s1. The van der Waals surface area contributed by atoms with Crippen LogP contribution in [0, 0.1) is 17.8 Å². The van der Waals surface area contributed by atoms with Crippen molar-refractivity contribution in [2.24, 2.45) is 5.92 Å². The Morgan fingerprint density at radius 2 is 2.06 bits per heavy atom. The Labute approximate surface area is 205 Å². The van der Waals surface area contributed by atoms with E-state index in [2.05, 4.69) is 21.8 Å². The molecule has 0 bridgehead atoms. The number of carbonyl (C=O) groups is 2. The number of fused-ring (bicyclic) bond motifs is 1. The predicted molar refractivity (Wildman–Crippen MR) is 130 cm³/mol. The van der Waals surface area contributed by atoms with Crippen LogP contribution in [-0.4, -0.2) is 86.8 Å². The molecule has 1 aliphatic heterocycles. The molecule has 0 radical (unpaired) electrons. The lowest BCUT2D eigenvalue weighted by molar-refractivity contribution is -0.130. The van der Waals surface area contributed by atoms with E-state index in [-0.39, 0.29) is 42.2 Å². The molecule has 0 aromatic carbocycles. The number of aliphatic hydroxyl groups excluding tert-OH is 2. The van der Waals surface area contributed by atoms with Gasteiger partial charge in [0.1, 0.15) is 17.8 Å². The number of amides is 2. The van der Waals surface area contributed by atoms with E-state index in [0.29, 0.717) is 18.7 Å². The molecule has 2 amide bonds. The minimum Gasteiger partial charge on any atom is -0.472 e. The second-order valence-electron chi connectivity index (χ2n) is 8.95. The molecule has 0 spiro atoms. The summed E-state index contributed by atoms with van der Waals surface area (Å²) in [4.78, 5) is 37.8. The maximum absolute atomic E-state index is 13.4. The summed E-state index contributed by atoms with van der Waals surface area (Å²) in [5.41, 5.74) is 1.56. The van der Waals surface area contributed by atoms with Crippen molar-refractivity contribution in [1.82, 2.24) is 19.8 Å². The van der Waals surface area contributed by atoms with E-state index >= 15 is 0 Å². The van der Waals surface area contributed by atoms with Gasteiger partial charge < -0.3 is 24.7 Å². The van der Waals surface area contributed by atoms with Gasteiger partial charge in [-0.25, -0.2) is 4.98 Å². The number of likely N-dealkylation sites (N-methyl/N-ethyl adjacent to an activating group) is 1. The maximum atomic E-state index is 13.4. The van der Waals surface area contributed by atoms with Crippen molar-refractivity contribution in [3.05, 3.63) is 53.5 Å². The van der Waals surface area contributed by atoms with E-state index in [4.69, 9.17) is 4.74 Å². The largest absolute Gasteiger partial charge is 0.472 e. The van der Waals surface area contributed by atoms with Gasteiger partial charge in [-0.2, -0.15) is 0 Å². The van der Waals surface area contributed by atoms with Crippen LogP contribution in [0.3, 0.4) is 0 Å². The number of aliphatic hydroxyl groups is 2. The van der Waals surface area contributed by atoms with Gasteiger partial charge >= 0.3 is 0 Å². The fourth-order valence-electron chi connectivity index (χ4n) is 3.76. The number of ether oxygens (including phenoxy) is 1. The highest BCUT2D eigenvalue weighted by Crippen LogP contribution is 2.27. The smallest absolute Gasteiger partial charge is 0.259 e. The van der Waals surface area contributed by atoms with E-state index < -0.39 is 18.2 Å². The molecule has 1 aliphatic rings. The van der Waals surface area contributed by atoms with Gasteiger partial charge in [0.15, 0.2) is 0 Å². The molecular formula is C26H32N4O5. The van der Waals surface area contributed by atoms with E-state index in [1.165, 1.54) is 6.20 Å². The van der Waals surface area contributed by atoms with E-state index in [1.54, 1.807) is 61.3 Å². The van der Waals surface area contributed by atoms with Gasteiger partial charge in [0.2, 0.25) is 11.8 Å². The first-order chi connectivity index (χ1) is 16.7. The van der Waals surface area contributed by atoms with Crippen LogP contribution < -0.4 is 4.74 Å². The van der Waals surface area contributed by atoms with Crippen LogP contribution in [-0.2, 0) is 11.2 Å². The number of carbonyl (C=O) groups excluding carboxylic acids is 2. The van der Waals surface area contributed by atoms with Crippen molar-refractivity contribution in [1.29, 1.82) is 0 Å². The van der Waals surface area contributed by atoms with Gasteiger partial charge in [-0.3, -0.25) is 14.6 Å². The van der Waals surface area contributed by atoms with Crippen molar-refractivity contribution in [2.75, 3.05) is 26.7 Å². The number of nitrogens with zero attached hydrogens (tertiary/aromatic N) is 4. The van der Waals surface area contributed by atoms with Crippen molar-refractivity contribution >= 4 is 11.8 Å². The third-order valence-electron chi connectivity index (χ3n) is 5.93. The van der Waals surface area contributed by atoms with E-state index in [0.717, 1.165) is 5.56 Å². The van der Waals surface area contributed by atoms with E-state index in [9.17, 15) is 19.8 Å². The monoisotopic (exact) mass is 480 g/mol. The van der Waals surface area contributed by atoms with Crippen molar-refractivity contribution < 1.29 is 24.5 Å². The van der Waals surface area contributed by atoms with Gasteiger partial charge in [-0.1, -0.05) is 18.8 Å². The zero-order valence-electron chi connectivity index (χ0n) is 20.5. The summed E-state index contributed by atoms with van der Waals surface area (Å²) in [7, 11) is 1.72. The third-order valence-corrected chi connectivity index (χ3v) is 5.93. The molecule has 0 fully saturated rings. The maximum Gasteiger partial charge on any atom is 0.259 e. The van der Waals surface area contributed by atoms with Crippen LogP contribution in [0.1, 0.15) is 42.3 Å². The number of aromatic nitrogens is 2. The van der Waals surface area contributed by atoms with Crippen LogP contribution in [0.15, 0.2) is 36.8 Å². The highest BCUT2D eigenvalue weighted by Gasteiger charge is 2.34. The normalized spacial score (nSPS) is 19.3. The fraction of sp³-hybridized carbons (Fsp3) is 0.462. The highest BCUT2D eigenvalue weighted by atomic mass is 16.5. The van der Waals surface area contributed by atoms with Gasteiger partial charge in [0.25, 0.3) is 5.91 Å². The molecular weight excluding hydrogens is 448 g/mol. The van der Waals surface area contributed by atoms with Crippen LogP contribution >= 0.6 is 0 Å². The molecule has 0 aliphatic carbocycles. The summed E-state index contributed by atoms with van der Waals surface area (Å²) in [6.07, 6.45) is 3.77. The number of hydrogen-bond donors (Lipinski definition) is 2. The SMILES string of the molecule is C[C@H](O)C#Cc1cnc2c(c1)C(=O)N([C@@H](C)CO)C[C@@H](C)[C@H](CN(C)C(=O)Cc1ccncc1)O2. The molecule has 0 saturated heterocycles. The predicted octanol–water partition coefficient (Wildman–Crippen LogP) is 1.13. The minimum atomic E-state index is -0.819. The molecule has 2 aromatic rings. The van der Waals surface area contributed by atoms with Crippen LogP contribution in [0.25, 0.3) is 0 Å². The Hall–Kier alpha value is -3.48. The minimum absolute atomic E-state index is 0.0670. The molecule has 9 heteroatoms. The van der Waals surface area contributed by atoms with Crippen molar-refractivity contribution in [2.45, 2.75) is 45.4 Å². The topological polar surface area (TPSA) is 116 Å². The average molecular weight is 481 g/mol. The highest BCUT2D eigenvalue weighted by molar-refractivity contribution is 5.97. The Bertz CT molecular complexity index is 1100. The van der Waals surface area contributed by atoms with Gasteiger partial charge in [0.05, 0.1) is 25.6 Å². The second-order valence-corrected chi connectivity index (χ2v) is 8.95. The zero-order valence-corrected chi connectivity index (χ0v) is 20.5. The summed E-state index contributed by atoms with van der Waals surface area (Å²) < 4.78 is 6.21. The molecule has 3 rings (SSSR count). The molecule has 9 nitrogen and oxygen atoms in total. The quantitative estimate of drug-likeness (QED) is 0.596. The van der Waals surface area contributed by atoms with Gasteiger partial charge in [0, 0.05) is 43.7 Å². The van der Waals surface area contributed by atoms with Crippen molar-refractivity contribution in [3.8, 4) is 17.7 Å². The lowest BCUT2D eigenvalue weighted by atomic mass is 9.99. The Morgan fingerprint density at radius 3 is 2.71 bits per heavy atom. The lowest BCUT2D eigenvalue weighted by Gasteiger charge is -2.37. The fourth-order valence-corrected chi connectivity index (χ4v) is 3.76. The number of hydrogen-bond acceptors (Lipinski definition) is 7. The molecule has 3 heterocycles. The molecule has 4 atom stereocenters. The van der Waals surface area contributed by atoms with Gasteiger partial charge in [-0.05, 0) is 37.6 Å². The molecule has 35 heavy (non-hydrogen) atoms. The van der Waals surface area contributed by atoms with Crippen LogP contribution in [0.4, 0.5) is 0 Å². The number of pyridine rings is 2. The average Bonchev–Trinajstić information content (AvgIpc) is 2.84. The van der Waals surface area contributed by atoms with E-state index in [1.807, 2.05) is 6.92 Å². The summed E-state index contributed by atoms with van der Waals surface area (Å²) in [6, 6.07) is 4.77. The molecule has 2 aromatic heterocycles. The van der Waals surface area contributed by atoms with Gasteiger partial charge in [-0.15, -0.1) is 0 Å². The molecule has 0 saturated carbocycles. The van der Waals surface area contributed by atoms with Crippen LogP contribution in [0.5, 0.6) is 5.88 Å². The first-order valence-corrected chi connectivity index (χ1v) is 11.6. The lowest BCUT2D eigenvalue weighted by Crippen LogP contribution is -2.50. The Kier molecular flexibility index (Phi) is 8.79.